The van der Waals surface area contributed by atoms with Crippen molar-refractivity contribution in [1.82, 2.24) is 10.2 Å². The van der Waals surface area contributed by atoms with Crippen LogP contribution >= 0.6 is 11.6 Å². The topological polar surface area (TPSA) is 58.6 Å². The van der Waals surface area contributed by atoms with Crippen LogP contribution in [0.4, 0.5) is 4.39 Å². The Morgan fingerprint density at radius 2 is 1.76 bits per heavy atom. The highest BCUT2D eigenvalue weighted by Crippen LogP contribution is 2.26. The van der Waals surface area contributed by atoms with Crippen LogP contribution in [-0.4, -0.2) is 36.4 Å². The second kappa shape index (κ2) is 10.3. The van der Waals surface area contributed by atoms with Gasteiger partial charge in [0.05, 0.1) is 0 Å². The lowest BCUT2D eigenvalue weighted by Gasteiger charge is -2.30. The minimum absolute atomic E-state index is 0.174. The van der Waals surface area contributed by atoms with Crippen molar-refractivity contribution in [2.75, 3.05) is 13.7 Å². The summed E-state index contributed by atoms with van der Waals surface area (Å²) in [6.07, 6.45) is 0.436. The van der Waals surface area contributed by atoms with Crippen molar-refractivity contribution in [2.45, 2.75) is 39.8 Å². The molecule has 29 heavy (non-hydrogen) atoms. The second-order valence-corrected chi connectivity index (χ2v) is 7.22. The molecule has 0 aliphatic rings. The number of benzene rings is 2. The van der Waals surface area contributed by atoms with Gasteiger partial charge in [-0.3, -0.25) is 9.59 Å². The molecular weight excluding hydrogens is 395 g/mol. The molecule has 0 saturated carbocycles. The van der Waals surface area contributed by atoms with Crippen molar-refractivity contribution in [3.63, 3.8) is 0 Å². The van der Waals surface area contributed by atoms with Crippen molar-refractivity contribution in [2.24, 2.45) is 0 Å². The first kappa shape index (κ1) is 22.7. The smallest absolute Gasteiger partial charge is 0.261 e. The quantitative estimate of drug-likeness (QED) is 0.701. The van der Waals surface area contributed by atoms with Gasteiger partial charge in [-0.1, -0.05) is 30.7 Å². The number of amides is 2. The predicted octanol–water partition coefficient (Wildman–Crippen LogP) is 4.03. The molecule has 0 aliphatic heterocycles. The lowest BCUT2D eigenvalue weighted by Crippen LogP contribution is -2.49. The summed E-state index contributed by atoms with van der Waals surface area (Å²) in [6, 6.07) is 8.72. The zero-order valence-corrected chi connectivity index (χ0v) is 17.8. The van der Waals surface area contributed by atoms with Crippen LogP contribution in [-0.2, 0) is 16.1 Å². The van der Waals surface area contributed by atoms with Gasteiger partial charge in [-0.15, -0.1) is 0 Å². The predicted molar refractivity (Wildman–Crippen MR) is 112 cm³/mol. The van der Waals surface area contributed by atoms with Crippen LogP contribution in [0.15, 0.2) is 36.4 Å². The first-order valence-electron chi connectivity index (χ1n) is 9.41. The van der Waals surface area contributed by atoms with E-state index in [9.17, 15) is 14.0 Å². The number of ether oxygens (including phenoxy) is 1. The van der Waals surface area contributed by atoms with E-state index in [1.165, 1.54) is 24.1 Å². The molecule has 0 radical (unpaired) electrons. The van der Waals surface area contributed by atoms with Crippen molar-refractivity contribution < 1.29 is 18.7 Å². The highest BCUT2D eigenvalue weighted by Gasteiger charge is 2.28. The zero-order chi connectivity index (χ0) is 21.6. The summed E-state index contributed by atoms with van der Waals surface area (Å²) < 4.78 is 18.9. The van der Waals surface area contributed by atoms with Crippen molar-refractivity contribution in [1.29, 1.82) is 0 Å². The van der Waals surface area contributed by atoms with E-state index in [1.54, 1.807) is 24.3 Å². The molecule has 2 amide bonds. The number of carbonyl (C=O) groups is 2. The molecule has 0 aliphatic carbocycles. The lowest BCUT2D eigenvalue weighted by molar-refractivity contribution is -0.142. The number of hydrogen-bond donors (Lipinski definition) is 1. The van der Waals surface area contributed by atoms with Gasteiger partial charge in [0.15, 0.2) is 6.61 Å². The van der Waals surface area contributed by atoms with Gasteiger partial charge in [-0.2, -0.15) is 0 Å². The molecular formula is C22H26ClFN2O3. The molecule has 1 N–H and O–H groups in total. The van der Waals surface area contributed by atoms with Crippen LogP contribution in [0, 0.1) is 19.7 Å². The lowest BCUT2D eigenvalue weighted by atomic mass is 10.1. The maximum Gasteiger partial charge on any atom is 0.261 e. The van der Waals surface area contributed by atoms with E-state index in [-0.39, 0.29) is 30.8 Å². The number of halogens is 2. The highest BCUT2D eigenvalue weighted by molar-refractivity contribution is 6.32. The van der Waals surface area contributed by atoms with Crippen molar-refractivity contribution in [3.8, 4) is 5.75 Å². The van der Waals surface area contributed by atoms with Gasteiger partial charge in [0.1, 0.15) is 17.6 Å². The molecule has 2 aromatic carbocycles. The average Bonchev–Trinajstić information content (AvgIpc) is 2.71. The number of nitrogens with one attached hydrogen (secondary N) is 1. The molecule has 0 spiro atoms. The summed E-state index contributed by atoms with van der Waals surface area (Å²) in [5.41, 5.74) is 2.43. The molecule has 0 aromatic heterocycles. The van der Waals surface area contributed by atoms with Gasteiger partial charge >= 0.3 is 0 Å². The summed E-state index contributed by atoms with van der Waals surface area (Å²) in [4.78, 5) is 26.7. The Hall–Kier alpha value is -2.60. The molecule has 156 valence electrons. The number of nitrogens with zero attached hydrogens (tertiary/aromatic N) is 1. The Kier molecular flexibility index (Phi) is 8.02. The minimum atomic E-state index is -0.658. The number of likely N-dealkylation sites (N-methyl/N-ethyl adjacent to an activating group) is 1. The first-order chi connectivity index (χ1) is 13.8. The number of aryl methyl sites for hydroxylation is 2. The van der Waals surface area contributed by atoms with E-state index >= 15 is 0 Å². The minimum Gasteiger partial charge on any atom is -0.484 e. The second-order valence-electron chi connectivity index (χ2n) is 6.85. The van der Waals surface area contributed by atoms with Crippen LogP contribution < -0.4 is 10.1 Å². The maximum atomic E-state index is 13.2. The number of rotatable bonds is 8. The molecule has 5 nitrogen and oxygen atoms in total. The fraction of sp³-hybridized carbons (Fsp3) is 0.364. The summed E-state index contributed by atoms with van der Waals surface area (Å²) in [6.45, 7) is 5.51. The molecule has 7 heteroatoms. The Balaban J connectivity index is 2.21. The monoisotopic (exact) mass is 420 g/mol. The van der Waals surface area contributed by atoms with Crippen LogP contribution in [0.5, 0.6) is 5.75 Å². The third kappa shape index (κ3) is 5.94. The molecule has 0 unspecified atom stereocenters. The molecule has 0 fully saturated rings. The highest BCUT2D eigenvalue weighted by atomic mass is 35.5. The molecule has 1 atom stereocenters. The third-order valence-corrected chi connectivity index (χ3v) is 5.27. The largest absolute Gasteiger partial charge is 0.484 e. The summed E-state index contributed by atoms with van der Waals surface area (Å²) in [5.74, 6) is -0.426. The van der Waals surface area contributed by atoms with Gasteiger partial charge in [0, 0.05) is 18.6 Å². The number of hydrogen-bond acceptors (Lipinski definition) is 3. The third-order valence-electron chi connectivity index (χ3n) is 4.67. The van der Waals surface area contributed by atoms with Gasteiger partial charge in [0.25, 0.3) is 5.91 Å². The summed E-state index contributed by atoms with van der Waals surface area (Å²) in [7, 11) is 1.53. The van der Waals surface area contributed by atoms with Crippen molar-refractivity contribution in [3.05, 3.63) is 63.9 Å². The van der Waals surface area contributed by atoms with Gasteiger partial charge < -0.3 is 15.0 Å². The van der Waals surface area contributed by atoms with Gasteiger partial charge in [-0.05, 0) is 61.2 Å². The van der Waals surface area contributed by atoms with E-state index < -0.39 is 6.04 Å². The molecule has 0 heterocycles. The SMILES string of the molecule is CC[C@@H](C(=O)NC)N(Cc1ccc(F)cc1)C(=O)COc1cc(C)c(Cl)c(C)c1. The molecule has 2 aromatic rings. The Bertz CT molecular complexity index is 848. The molecule has 0 saturated heterocycles. The van der Waals surface area contributed by atoms with E-state index in [0.717, 1.165) is 16.7 Å². The Morgan fingerprint density at radius 1 is 1.17 bits per heavy atom. The Labute approximate surface area is 175 Å². The van der Waals surface area contributed by atoms with Gasteiger partial charge in [0.2, 0.25) is 5.91 Å². The number of carbonyl (C=O) groups excluding carboxylic acids is 2. The normalized spacial score (nSPS) is 11.7. The van der Waals surface area contributed by atoms with E-state index in [4.69, 9.17) is 16.3 Å². The maximum absolute atomic E-state index is 13.2. The fourth-order valence-electron chi connectivity index (χ4n) is 3.09. The van der Waals surface area contributed by atoms with E-state index in [2.05, 4.69) is 5.32 Å². The van der Waals surface area contributed by atoms with Crippen LogP contribution in [0.1, 0.15) is 30.0 Å². The van der Waals surface area contributed by atoms with Gasteiger partial charge in [-0.25, -0.2) is 4.39 Å². The average molecular weight is 421 g/mol. The summed E-state index contributed by atoms with van der Waals surface area (Å²) >= 11 is 6.17. The van der Waals surface area contributed by atoms with Crippen LogP contribution in [0.25, 0.3) is 0 Å². The van der Waals surface area contributed by atoms with Crippen molar-refractivity contribution >= 4 is 23.4 Å². The summed E-state index contributed by atoms with van der Waals surface area (Å²) in [5, 5.41) is 3.25. The zero-order valence-electron chi connectivity index (χ0n) is 17.1. The van der Waals surface area contributed by atoms with Crippen LogP contribution in [0.3, 0.4) is 0 Å². The van der Waals surface area contributed by atoms with Crippen LogP contribution in [0.2, 0.25) is 5.02 Å². The van der Waals surface area contributed by atoms with E-state index in [0.29, 0.717) is 17.2 Å². The van der Waals surface area contributed by atoms with E-state index in [1.807, 2.05) is 20.8 Å². The molecule has 0 bridgehead atoms. The first-order valence-corrected chi connectivity index (χ1v) is 9.79. The standard InChI is InChI=1S/C22H26ClFN2O3/c1-5-19(22(28)25-4)26(12-16-6-8-17(24)9-7-16)20(27)13-29-18-10-14(2)21(23)15(3)11-18/h6-11,19H,5,12-13H2,1-4H3,(H,25,28)/t19-/m0/s1. The molecule has 2 rings (SSSR count). The Morgan fingerprint density at radius 3 is 2.28 bits per heavy atom. The fourth-order valence-corrected chi connectivity index (χ4v) is 3.20.